The van der Waals surface area contributed by atoms with Gasteiger partial charge in [-0.05, 0) is 43.6 Å². The fourth-order valence-electron chi connectivity index (χ4n) is 3.78. The first-order chi connectivity index (χ1) is 8.58. The van der Waals surface area contributed by atoms with Crippen LogP contribution in [0.15, 0.2) is 0 Å². The largest absolute Gasteiger partial charge is 0.316 e. The number of hydrogen-bond donors (Lipinski definition) is 1. The molecule has 18 heavy (non-hydrogen) atoms. The average molecular weight is 273 g/mol. The molecule has 3 nitrogen and oxygen atoms in total. The Morgan fingerprint density at radius 1 is 1.22 bits per heavy atom. The van der Waals surface area contributed by atoms with Crippen LogP contribution in [0.25, 0.3) is 0 Å². The highest BCUT2D eigenvalue weighted by Crippen LogP contribution is 2.46. The summed E-state index contributed by atoms with van der Waals surface area (Å²) < 4.78 is 23.5. The monoisotopic (exact) mass is 273 g/mol. The molecule has 1 aliphatic carbocycles. The zero-order valence-corrected chi connectivity index (χ0v) is 12.4. The number of rotatable bonds is 5. The Morgan fingerprint density at radius 3 is 2.50 bits per heavy atom. The van der Waals surface area contributed by atoms with Gasteiger partial charge in [0, 0.05) is 6.54 Å². The molecule has 1 saturated heterocycles. The van der Waals surface area contributed by atoms with Crippen LogP contribution in [0.3, 0.4) is 0 Å². The summed E-state index contributed by atoms with van der Waals surface area (Å²) >= 11 is 0. The molecule has 1 atom stereocenters. The third-order valence-corrected chi connectivity index (χ3v) is 6.62. The maximum Gasteiger partial charge on any atom is 0.150 e. The maximum absolute atomic E-state index is 11.7. The minimum absolute atomic E-state index is 0.275. The van der Waals surface area contributed by atoms with Gasteiger partial charge in [-0.2, -0.15) is 0 Å². The predicted octanol–water partition coefficient (Wildman–Crippen LogP) is 2.37. The quantitative estimate of drug-likeness (QED) is 0.782. The fourth-order valence-corrected chi connectivity index (χ4v) is 5.72. The lowest BCUT2D eigenvalue weighted by Crippen LogP contribution is -2.42. The molecule has 4 heteroatoms. The average Bonchev–Trinajstić information content (AvgIpc) is 2.72. The van der Waals surface area contributed by atoms with Gasteiger partial charge in [0.25, 0.3) is 0 Å². The highest BCUT2D eigenvalue weighted by Gasteiger charge is 2.44. The third kappa shape index (κ3) is 3.27. The molecule has 0 radical (unpaired) electrons. The van der Waals surface area contributed by atoms with Crippen molar-refractivity contribution in [2.45, 2.75) is 51.9 Å². The van der Waals surface area contributed by atoms with Crippen molar-refractivity contribution in [2.24, 2.45) is 11.3 Å². The summed E-state index contributed by atoms with van der Waals surface area (Å²) in [7, 11) is -2.74. The molecule has 1 heterocycles. The molecular formula is C14H27NO2S. The minimum Gasteiger partial charge on any atom is -0.316 e. The van der Waals surface area contributed by atoms with Crippen LogP contribution in [0.4, 0.5) is 0 Å². The molecule has 0 bridgehead atoms. The summed E-state index contributed by atoms with van der Waals surface area (Å²) in [5.74, 6) is 1.28. The summed E-state index contributed by atoms with van der Waals surface area (Å²) in [4.78, 5) is 0. The van der Waals surface area contributed by atoms with Crippen LogP contribution in [0.1, 0.15) is 51.9 Å². The van der Waals surface area contributed by atoms with Crippen molar-refractivity contribution in [3.05, 3.63) is 0 Å². The van der Waals surface area contributed by atoms with E-state index in [-0.39, 0.29) is 5.41 Å². The van der Waals surface area contributed by atoms with E-state index in [4.69, 9.17) is 0 Å². The summed E-state index contributed by atoms with van der Waals surface area (Å²) in [6, 6.07) is 0. The van der Waals surface area contributed by atoms with Crippen LogP contribution < -0.4 is 5.32 Å². The lowest BCUT2D eigenvalue weighted by Gasteiger charge is -2.42. The number of sulfone groups is 1. The second kappa shape index (κ2) is 5.91. The zero-order valence-electron chi connectivity index (χ0n) is 11.6. The van der Waals surface area contributed by atoms with Crippen LogP contribution in [0.5, 0.6) is 0 Å². The molecule has 1 unspecified atom stereocenters. The summed E-state index contributed by atoms with van der Waals surface area (Å²) in [6.45, 7) is 4.27. The lowest BCUT2D eigenvalue weighted by atomic mass is 9.65. The van der Waals surface area contributed by atoms with E-state index < -0.39 is 9.84 Å². The molecule has 0 aromatic carbocycles. The zero-order chi connectivity index (χ0) is 13.1. The Bertz CT molecular complexity index is 358. The highest BCUT2D eigenvalue weighted by molar-refractivity contribution is 7.91. The van der Waals surface area contributed by atoms with Gasteiger partial charge in [0.2, 0.25) is 0 Å². The molecule has 0 spiro atoms. The summed E-state index contributed by atoms with van der Waals surface area (Å²) in [6.07, 6.45) is 8.40. The maximum atomic E-state index is 11.7. The molecule has 2 rings (SSSR count). The van der Waals surface area contributed by atoms with E-state index in [1.807, 2.05) is 0 Å². The molecule has 0 aromatic rings. The minimum atomic E-state index is -2.74. The van der Waals surface area contributed by atoms with Gasteiger partial charge in [-0.1, -0.05) is 26.2 Å². The van der Waals surface area contributed by atoms with Gasteiger partial charge < -0.3 is 5.32 Å². The molecular weight excluding hydrogens is 246 g/mol. The van der Waals surface area contributed by atoms with Crippen molar-refractivity contribution in [1.82, 2.24) is 5.32 Å². The van der Waals surface area contributed by atoms with Crippen LogP contribution in [-0.4, -0.2) is 33.0 Å². The Balaban J connectivity index is 2.04. The lowest BCUT2D eigenvalue weighted by molar-refractivity contribution is 0.108. The third-order valence-electron chi connectivity index (χ3n) is 4.85. The fraction of sp³-hybridized carbons (Fsp3) is 1.00. The second-order valence-electron chi connectivity index (χ2n) is 6.20. The first-order valence-corrected chi connectivity index (χ1v) is 9.31. The number of nitrogens with one attached hydrogen (secondary N) is 1. The van der Waals surface area contributed by atoms with Gasteiger partial charge in [-0.3, -0.25) is 0 Å². The topological polar surface area (TPSA) is 46.2 Å². The van der Waals surface area contributed by atoms with Crippen molar-refractivity contribution < 1.29 is 8.42 Å². The van der Waals surface area contributed by atoms with E-state index in [0.717, 1.165) is 25.9 Å². The van der Waals surface area contributed by atoms with Gasteiger partial charge >= 0.3 is 0 Å². The Labute approximate surface area is 112 Å². The Kier molecular flexibility index (Phi) is 4.70. The van der Waals surface area contributed by atoms with Crippen molar-refractivity contribution in [1.29, 1.82) is 0 Å². The molecule has 1 N–H and O–H groups in total. The normalized spacial score (nSPS) is 30.4. The van der Waals surface area contributed by atoms with Gasteiger partial charge in [-0.25, -0.2) is 8.42 Å². The molecule has 1 saturated carbocycles. The number of hydrogen-bond acceptors (Lipinski definition) is 3. The molecule has 0 aromatic heterocycles. The van der Waals surface area contributed by atoms with E-state index in [2.05, 4.69) is 12.2 Å². The van der Waals surface area contributed by atoms with E-state index in [0.29, 0.717) is 17.4 Å². The van der Waals surface area contributed by atoms with Gasteiger partial charge in [0.05, 0.1) is 11.5 Å². The van der Waals surface area contributed by atoms with Gasteiger partial charge in [0.15, 0.2) is 9.84 Å². The van der Waals surface area contributed by atoms with Crippen LogP contribution in [0.2, 0.25) is 0 Å². The first kappa shape index (κ1) is 14.3. The van der Waals surface area contributed by atoms with Gasteiger partial charge in [-0.15, -0.1) is 0 Å². The van der Waals surface area contributed by atoms with E-state index >= 15 is 0 Å². The van der Waals surface area contributed by atoms with Crippen molar-refractivity contribution in [3.8, 4) is 0 Å². The van der Waals surface area contributed by atoms with Crippen LogP contribution in [-0.2, 0) is 9.84 Å². The van der Waals surface area contributed by atoms with Crippen LogP contribution in [0, 0.1) is 11.3 Å². The van der Waals surface area contributed by atoms with E-state index in [9.17, 15) is 8.42 Å². The summed E-state index contributed by atoms with van der Waals surface area (Å²) in [5.41, 5.74) is 0.275. The van der Waals surface area contributed by atoms with Gasteiger partial charge in [0.1, 0.15) is 0 Å². The second-order valence-corrected chi connectivity index (χ2v) is 8.43. The van der Waals surface area contributed by atoms with Crippen molar-refractivity contribution in [2.75, 3.05) is 24.6 Å². The molecule has 2 aliphatic rings. The van der Waals surface area contributed by atoms with Crippen molar-refractivity contribution in [3.63, 3.8) is 0 Å². The highest BCUT2D eigenvalue weighted by atomic mass is 32.2. The van der Waals surface area contributed by atoms with E-state index in [1.165, 1.54) is 32.1 Å². The van der Waals surface area contributed by atoms with E-state index in [1.54, 1.807) is 0 Å². The molecule has 0 amide bonds. The Hall–Kier alpha value is -0.0900. The SMILES string of the molecule is CCCNCC1(C2CCS(=O)(=O)C2)CCCCC1. The standard InChI is InChI=1S/C14H27NO2S/c1-2-9-15-12-14(7-4-3-5-8-14)13-6-10-18(16,17)11-13/h13,15H,2-12H2,1H3. The Morgan fingerprint density at radius 2 is 1.94 bits per heavy atom. The predicted molar refractivity (Wildman–Crippen MR) is 75.4 cm³/mol. The van der Waals surface area contributed by atoms with Crippen LogP contribution >= 0.6 is 0 Å². The summed E-state index contributed by atoms with van der Waals surface area (Å²) in [5, 5.41) is 3.56. The molecule has 2 fully saturated rings. The molecule has 1 aliphatic heterocycles. The van der Waals surface area contributed by atoms with Crippen molar-refractivity contribution >= 4 is 9.84 Å². The molecule has 106 valence electrons. The first-order valence-electron chi connectivity index (χ1n) is 7.49. The smallest absolute Gasteiger partial charge is 0.150 e.